The minimum absolute atomic E-state index is 0.0865. The largest absolute Gasteiger partial charge is 0.390 e. The maximum absolute atomic E-state index is 11.9. The van der Waals surface area contributed by atoms with Gasteiger partial charge >= 0.3 is 6.03 Å². The Kier molecular flexibility index (Phi) is 5.91. The van der Waals surface area contributed by atoms with Crippen LogP contribution in [0.1, 0.15) is 25.8 Å². The summed E-state index contributed by atoms with van der Waals surface area (Å²) in [4.78, 5) is 19.0. The molecule has 1 aliphatic heterocycles. The molecule has 0 bridgehead atoms. The zero-order valence-corrected chi connectivity index (χ0v) is 14.1. The monoisotopic (exact) mass is 343 g/mol. The molecule has 1 aliphatic rings. The predicted octanol–water partition coefficient (Wildman–Crippen LogP) is 3.54. The van der Waals surface area contributed by atoms with Gasteiger partial charge in [0.15, 0.2) is 6.10 Å². The van der Waals surface area contributed by atoms with Crippen LogP contribution in [0.25, 0.3) is 0 Å². The number of likely N-dealkylation sites (N-methyl/N-ethyl adjacent to an activating group) is 1. The van der Waals surface area contributed by atoms with E-state index in [0.29, 0.717) is 36.1 Å². The Bertz CT molecular complexity index is 578. The molecule has 22 heavy (non-hydrogen) atoms. The van der Waals surface area contributed by atoms with E-state index in [4.69, 9.17) is 28.0 Å². The summed E-state index contributed by atoms with van der Waals surface area (Å²) in [5, 5.41) is 7.89. The van der Waals surface area contributed by atoms with Crippen molar-refractivity contribution < 1.29 is 9.63 Å². The first-order valence-corrected chi connectivity index (χ1v) is 8.01. The van der Waals surface area contributed by atoms with Crippen LogP contribution in [-0.4, -0.2) is 42.4 Å². The van der Waals surface area contributed by atoms with Crippen molar-refractivity contribution in [3.8, 4) is 0 Å². The van der Waals surface area contributed by atoms with E-state index in [0.717, 1.165) is 11.3 Å². The fraction of sp³-hybridized carbons (Fsp3) is 0.467. The third-order valence-electron chi connectivity index (χ3n) is 3.41. The quantitative estimate of drug-likeness (QED) is 0.888. The van der Waals surface area contributed by atoms with Crippen molar-refractivity contribution in [2.45, 2.75) is 26.4 Å². The summed E-state index contributed by atoms with van der Waals surface area (Å²) in [6.45, 7) is 5.55. The van der Waals surface area contributed by atoms with E-state index in [9.17, 15) is 4.79 Å². The van der Waals surface area contributed by atoms with E-state index >= 15 is 0 Å². The molecule has 2 rings (SSSR count). The normalized spacial score (nSPS) is 16.9. The Labute approximate surface area is 140 Å². The summed E-state index contributed by atoms with van der Waals surface area (Å²) in [7, 11) is 0. The number of urea groups is 1. The molecule has 1 atom stereocenters. The number of nitrogens with one attached hydrogen (secondary N) is 1. The second-order valence-electron chi connectivity index (χ2n) is 4.97. The lowest BCUT2D eigenvalue weighted by molar-refractivity contribution is 0.0617. The fourth-order valence-corrected chi connectivity index (χ4v) is 2.53. The van der Waals surface area contributed by atoms with Crippen LogP contribution in [-0.2, 0) is 4.84 Å². The minimum atomic E-state index is -0.146. The van der Waals surface area contributed by atoms with E-state index in [2.05, 4.69) is 10.5 Å². The maximum Gasteiger partial charge on any atom is 0.317 e. The number of halogens is 2. The number of oxime groups is 1. The van der Waals surface area contributed by atoms with Gasteiger partial charge in [-0.15, -0.1) is 0 Å². The first-order chi connectivity index (χ1) is 10.5. The van der Waals surface area contributed by atoms with Crippen LogP contribution in [0.15, 0.2) is 23.4 Å². The van der Waals surface area contributed by atoms with Gasteiger partial charge in [-0.25, -0.2) is 4.79 Å². The molecule has 0 spiro atoms. The lowest BCUT2D eigenvalue weighted by Gasteiger charge is -2.23. The van der Waals surface area contributed by atoms with E-state index in [1.165, 1.54) is 0 Å². The van der Waals surface area contributed by atoms with Crippen LogP contribution in [0.5, 0.6) is 0 Å². The molecule has 1 aromatic rings. The summed E-state index contributed by atoms with van der Waals surface area (Å²) in [6, 6.07) is 5.29. The Morgan fingerprint density at radius 3 is 2.82 bits per heavy atom. The average Bonchev–Trinajstić information content (AvgIpc) is 2.96. The van der Waals surface area contributed by atoms with Gasteiger partial charge in [0.2, 0.25) is 0 Å². The second-order valence-corrected chi connectivity index (χ2v) is 5.79. The van der Waals surface area contributed by atoms with Crippen LogP contribution in [0, 0.1) is 0 Å². The van der Waals surface area contributed by atoms with Gasteiger partial charge in [-0.1, -0.05) is 34.4 Å². The molecule has 120 valence electrons. The second kappa shape index (κ2) is 7.70. The highest BCUT2D eigenvalue weighted by atomic mass is 35.5. The molecule has 2 amide bonds. The molecule has 0 radical (unpaired) electrons. The highest BCUT2D eigenvalue weighted by Crippen LogP contribution is 2.25. The molecule has 0 aliphatic carbocycles. The predicted molar refractivity (Wildman–Crippen MR) is 88.8 cm³/mol. The lowest BCUT2D eigenvalue weighted by Crippen LogP contribution is -2.43. The highest BCUT2D eigenvalue weighted by Gasteiger charge is 2.26. The standard InChI is InChI=1S/C15H19Cl2N3O2/c1-3-18-15(21)20(4-2)9-11-8-14(19-22-11)10-5-6-12(16)13(17)7-10/h5-7,11H,3-4,8-9H2,1-2H3,(H,18,21)/t11-/m1/s1. The zero-order chi connectivity index (χ0) is 16.1. The van der Waals surface area contributed by atoms with E-state index in [-0.39, 0.29) is 12.1 Å². The number of hydrogen-bond acceptors (Lipinski definition) is 3. The third kappa shape index (κ3) is 4.05. The van der Waals surface area contributed by atoms with Gasteiger partial charge in [0, 0.05) is 25.1 Å². The molecule has 0 saturated carbocycles. The number of amides is 2. The van der Waals surface area contributed by atoms with E-state index in [1.54, 1.807) is 17.0 Å². The highest BCUT2D eigenvalue weighted by molar-refractivity contribution is 6.42. The van der Waals surface area contributed by atoms with Crippen molar-refractivity contribution in [1.29, 1.82) is 0 Å². The molecule has 1 aromatic carbocycles. The van der Waals surface area contributed by atoms with Gasteiger partial charge in [-0.2, -0.15) is 0 Å². The van der Waals surface area contributed by atoms with Crippen molar-refractivity contribution >= 4 is 34.9 Å². The van der Waals surface area contributed by atoms with Crippen molar-refractivity contribution in [2.75, 3.05) is 19.6 Å². The summed E-state index contributed by atoms with van der Waals surface area (Å²) in [5.74, 6) is 0. The molecule has 5 nitrogen and oxygen atoms in total. The zero-order valence-electron chi connectivity index (χ0n) is 12.6. The van der Waals surface area contributed by atoms with Crippen molar-refractivity contribution in [2.24, 2.45) is 5.16 Å². The molecule has 1 N–H and O–H groups in total. The molecular weight excluding hydrogens is 325 g/mol. The van der Waals surface area contributed by atoms with Gasteiger partial charge in [-0.05, 0) is 26.0 Å². The Hall–Kier alpha value is -1.46. The number of hydrogen-bond donors (Lipinski definition) is 1. The van der Waals surface area contributed by atoms with Gasteiger partial charge in [0.05, 0.1) is 22.3 Å². The van der Waals surface area contributed by atoms with Crippen molar-refractivity contribution in [3.05, 3.63) is 33.8 Å². The van der Waals surface area contributed by atoms with E-state index < -0.39 is 0 Å². The number of benzene rings is 1. The number of carbonyl (C=O) groups is 1. The number of carbonyl (C=O) groups excluding carboxylic acids is 1. The Morgan fingerprint density at radius 2 is 2.18 bits per heavy atom. The number of rotatable bonds is 5. The van der Waals surface area contributed by atoms with Crippen LogP contribution in [0.2, 0.25) is 10.0 Å². The summed E-state index contributed by atoms with van der Waals surface area (Å²) in [6.07, 6.45) is 0.487. The topological polar surface area (TPSA) is 53.9 Å². The molecule has 0 aromatic heterocycles. The summed E-state index contributed by atoms with van der Waals surface area (Å²) < 4.78 is 0. The first-order valence-electron chi connectivity index (χ1n) is 7.26. The van der Waals surface area contributed by atoms with Crippen molar-refractivity contribution in [1.82, 2.24) is 10.2 Å². The molecular formula is C15H19Cl2N3O2. The SMILES string of the molecule is CCNC(=O)N(CC)C[C@H]1CC(c2ccc(Cl)c(Cl)c2)=NO1. The summed E-state index contributed by atoms with van der Waals surface area (Å²) in [5.41, 5.74) is 1.70. The van der Waals surface area contributed by atoms with Crippen molar-refractivity contribution in [3.63, 3.8) is 0 Å². The molecule has 0 unspecified atom stereocenters. The van der Waals surface area contributed by atoms with Crippen LogP contribution in [0.3, 0.4) is 0 Å². The Balaban J connectivity index is 1.96. The van der Waals surface area contributed by atoms with Gasteiger partial charge < -0.3 is 15.1 Å². The van der Waals surface area contributed by atoms with E-state index in [1.807, 2.05) is 19.9 Å². The van der Waals surface area contributed by atoms with Gasteiger partial charge in [-0.3, -0.25) is 0 Å². The molecule has 1 heterocycles. The van der Waals surface area contributed by atoms with Crippen LogP contribution >= 0.6 is 23.2 Å². The fourth-order valence-electron chi connectivity index (χ4n) is 2.24. The molecule has 0 fully saturated rings. The maximum atomic E-state index is 11.9. The van der Waals surface area contributed by atoms with Gasteiger partial charge in [0.1, 0.15) is 0 Å². The molecule has 0 saturated heterocycles. The van der Waals surface area contributed by atoms with Gasteiger partial charge in [0.25, 0.3) is 0 Å². The lowest BCUT2D eigenvalue weighted by atomic mass is 10.0. The first kappa shape index (κ1) is 16.9. The number of nitrogens with zero attached hydrogens (tertiary/aromatic N) is 2. The third-order valence-corrected chi connectivity index (χ3v) is 4.15. The van der Waals surface area contributed by atoms with Crippen LogP contribution in [0.4, 0.5) is 4.79 Å². The average molecular weight is 344 g/mol. The minimum Gasteiger partial charge on any atom is -0.390 e. The summed E-state index contributed by atoms with van der Waals surface area (Å²) >= 11 is 11.9. The Morgan fingerprint density at radius 1 is 1.41 bits per heavy atom. The smallest absolute Gasteiger partial charge is 0.317 e. The molecule has 7 heteroatoms. The van der Waals surface area contributed by atoms with Crippen LogP contribution < -0.4 is 5.32 Å².